The Morgan fingerprint density at radius 3 is 2.75 bits per heavy atom. The Balaban J connectivity index is 1.41. The highest BCUT2D eigenvalue weighted by Crippen LogP contribution is 2.30. The van der Waals surface area contributed by atoms with Crippen molar-refractivity contribution in [2.75, 3.05) is 6.54 Å². The SMILES string of the molecule is CC1C(Oc2nc3ccccc3o2)CCCN1C(=O)c1cccc(F)c1-c1ncccn1. The first-order valence-corrected chi connectivity index (χ1v) is 10.5. The predicted molar refractivity (Wildman–Crippen MR) is 116 cm³/mol. The van der Waals surface area contributed by atoms with Gasteiger partial charge in [0.15, 0.2) is 11.4 Å². The molecule has 1 aliphatic heterocycles. The summed E-state index contributed by atoms with van der Waals surface area (Å²) in [7, 11) is 0. The number of rotatable bonds is 4. The van der Waals surface area contributed by atoms with E-state index in [1.165, 1.54) is 24.5 Å². The Labute approximate surface area is 183 Å². The summed E-state index contributed by atoms with van der Waals surface area (Å²) in [5.74, 6) is -0.644. The number of hydrogen-bond acceptors (Lipinski definition) is 6. The largest absolute Gasteiger partial charge is 0.445 e. The fourth-order valence-electron chi connectivity index (χ4n) is 4.10. The van der Waals surface area contributed by atoms with Crippen molar-refractivity contribution in [1.29, 1.82) is 0 Å². The van der Waals surface area contributed by atoms with E-state index in [4.69, 9.17) is 9.15 Å². The lowest BCUT2D eigenvalue weighted by atomic mass is 9.97. The average molecular weight is 432 g/mol. The minimum Gasteiger partial charge on any atom is -0.445 e. The van der Waals surface area contributed by atoms with Crippen LogP contribution < -0.4 is 4.74 Å². The summed E-state index contributed by atoms with van der Waals surface area (Å²) in [6.45, 7) is 2.46. The molecule has 1 aliphatic rings. The minimum atomic E-state index is -0.536. The highest BCUT2D eigenvalue weighted by Gasteiger charge is 2.35. The quantitative estimate of drug-likeness (QED) is 0.472. The number of oxazole rings is 1. The van der Waals surface area contributed by atoms with Gasteiger partial charge >= 0.3 is 6.08 Å². The van der Waals surface area contributed by atoms with Crippen molar-refractivity contribution in [3.05, 3.63) is 72.3 Å². The normalized spacial score (nSPS) is 18.6. The van der Waals surface area contributed by atoms with Gasteiger partial charge in [-0.25, -0.2) is 14.4 Å². The van der Waals surface area contributed by atoms with Crippen LogP contribution >= 0.6 is 0 Å². The molecule has 3 heterocycles. The second-order valence-corrected chi connectivity index (χ2v) is 7.72. The number of hydrogen-bond donors (Lipinski definition) is 0. The number of carbonyl (C=O) groups is 1. The monoisotopic (exact) mass is 432 g/mol. The molecule has 2 unspecified atom stereocenters. The molecule has 0 bridgehead atoms. The molecule has 2 aromatic carbocycles. The van der Waals surface area contributed by atoms with Crippen molar-refractivity contribution in [1.82, 2.24) is 19.9 Å². The number of halogens is 1. The van der Waals surface area contributed by atoms with Crippen molar-refractivity contribution in [2.24, 2.45) is 0 Å². The molecule has 8 heteroatoms. The predicted octanol–water partition coefficient (Wildman–Crippen LogP) is 4.50. The molecule has 162 valence electrons. The maximum Gasteiger partial charge on any atom is 0.394 e. The van der Waals surface area contributed by atoms with Gasteiger partial charge in [-0.1, -0.05) is 18.2 Å². The second kappa shape index (κ2) is 8.37. The number of ether oxygens (including phenoxy) is 1. The smallest absolute Gasteiger partial charge is 0.394 e. The number of piperidine rings is 1. The lowest BCUT2D eigenvalue weighted by Crippen LogP contribution is -2.51. The first-order valence-electron chi connectivity index (χ1n) is 10.5. The molecule has 5 rings (SSSR count). The Kier molecular flexibility index (Phi) is 5.26. The first-order chi connectivity index (χ1) is 15.6. The summed E-state index contributed by atoms with van der Waals surface area (Å²) >= 11 is 0. The van der Waals surface area contributed by atoms with Crippen LogP contribution in [-0.4, -0.2) is 44.4 Å². The molecule has 32 heavy (non-hydrogen) atoms. The molecule has 0 saturated carbocycles. The Bertz CT molecular complexity index is 1230. The lowest BCUT2D eigenvalue weighted by Gasteiger charge is -2.38. The maximum absolute atomic E-state index is 14.7. The van der Waals surface area contributed by atoms with Crippen LogP contribution in [0.3, 0.4) is 0 Å². The number of aromatic nitrogens is 3. The van der Waals surface area contributed by atoms with Gasteiger partial charge in [0.2, 0.25) is 0 Å². The molecule has 0 aliphatic carbocycles. The zero-order valence-corrected chi connectivity index (χ0v) is 17.4. The summed E-state index contributed by atoms with van der Waals surface area (Å²) in [5, 5.41) is 0. The van der Waals surface area contributed by atoms with Gasteiger partial charge in [0.25, 0.3) is 5.91 Å². The highest BCUT2D eigenvalue weighted by molar-refractivity contribution is 6.00. The van der Waals surface area contributed by atoms with Crippen molar-refractivity contribution in [3.8, 4) is 17.5 Å². The first kappa shape index (κ1) is 20.1. The van der Waals surface area contributed by atoms with Gasteiger partial charge in [-0.15, -0.1) is 0 Å². The van der Waals surface area contributed by atoms with Gasteiger partial charge in [-0.3, -0.25) is 4.79 Å². The maximum atomic E-state index is 14.7. The van der Waals surface area contributed by atoms with E-state index in [9.17, 15) is 9.18 Å². The van der Waals surface area contributed by atoms with Gasteiger partial charge in [0, 0.05) is 18.9 Å². The molecule has 0 spiro atoms. The standard InChI is InChI=1S/C24H21FN4O3/c1-15-19(31-24-28-18-9-2-3-10-20(18)32-24)11-5-14-29(15)23(30)16-7-4-8-17(25)21(16)22-26-12-6-13-27-22/h2-4,6-10,12-13,15,19H,5,11,14H2,1H3. The van der Waals surface area contributed by atoms with Crippen LogP contribution in [-0.2, 0) is 0 Å². The van der Waals surface area contributed by atoms with Crippen LogP contribution in [0.5, 0.6) is 6.08 Å². The summed E-state index contributed by atoms with van der Waals surface area (Å²) in [5.41, 5.74) is 1.69. The van der Waals surface area contributed by atoms with Gasteiger partial charge in [0.1, 0.15) is 17.4 Å². The molecule has 4 aromatic rings. The number of nitrogens with zero attached hydrogens (tertiary/aromatic N) is 4. The molecule has 1 fully saturated rings. The zero-order chi connectivity index (χ0) is 22.1. The minimum absolute atomic E-state index is 0.104. The number of likely N-dealkylation sites (tertiary alicyclic amines) is 1. The van der Waals surface area contributed by atoms with Gasteiger partial charge in [-0.05, 0) is 50.1 Å². The van der Waals surface area contributed by atoms with E-state index >= 15 is 0 Å². The Morgan fingerprint density at radius 2 is 1.94 bits per heavy atom. The zero-order valence-electron chi connectivity index (χ0n) is 17.4. The summed E-state index contributed by atoms with van der Waals surface area (Å²) in [6, 6.07) is 13.2. The Morgan fingerprint density at radius 1 is 1.12 bits per heavy atom. The average Bonchev–Trinajstić information content (AvgIpc) is 3.23. The van der Waals surface area contributed by atoms with Crippen molar-refractivity contribution >= 4 is 17.0 Å². The van der Waals surface area contributed by atoms with Crippen LogP contribution in [0.15, 0.2) is 65.3 Å². The number of carbonyl (C=O) groups excluding carboxylic acids is 1. The molecular weight excluding hydrogens is 411 g/mol. The van der Waals surface area contributed by atoms with Crippen molar-refractivity contribution in [3.63, 3.8) is 0 Å². The number of fused-ring (bicyclic) bond motifs is 1. The van der Waals surface area contributed by atoms with Gasteiger partial charge < -0.3 is 14.1 Å². The summed E-state index contributed by atoms with van der Waals surface area (Å²) < 4.78 is 26.5. The highest BCUT2D eigenvalue weighted by atomic mass is 19.1. The van der Waals surface area contributed by atoms with E-state index in [-0.39, 0.29) is 41.1 Å². The number of para-hydroxylation sites is 2. The molecule has 0 N–H and O–H groups in total. The lowest BCUT2D eigenvalue weighted by molar-refractivity contribution is 0.0180. The number of amides is 1. The third-order valence-electron chi connectivity index (χ3n) is 5.74. The van der Waals surface area contributed by atoms with Crippen LogP contribution in [0.25, 0.3) is 22.5 Å². The van der Waals surface area contributed by atoms with Crippen LogP contribution in [0.4, 0.5) is 4.39 Å². The Hall–Kier alpha value is -3.81. The molecule has 1 amide bonds. The van der Waals surface area contributed by atoms with Crippen LogP contribution in [0.2, 0.25) is 0 Å². The molecule has 7 nitrogen and oxygen atoms in total. The molecule has 2 atom stereocenters. The second-order valence-electron chi connectivity index (χ2n) is 7.72. The topological polar surface area (TPSA) is 81.4 Å². The molecule has 1 saturated heterocycles. The van der Waals surface area contributed by atoms with Crippen molar-refractivity contribution in [2.45, 2.75) is 31.9 Å². The van der Waals surface area contributed by atoms with Crippen molar-refractivity contribution < 1.29 is 18.3 Å². The van der Waals surface area contributed by atoms with Gasteiger partial charge in [0.05, 0.1) is 17.2 Å². The number of benzene rings is 2. The van der Waals surface area contributed by atoms with E-state index < -0.39 is 5.82 Å². The van der Waals surface area contributed by atoms with E-state index in [1.54, 1.807) is 17.0 Å². The third-order valence-corrected chi connectivity index (χ3v) is 5.74. The fourth-order valence-corrected chi connectivity index (χ4v) is 4.10. The van der Waals surface area contributed by atoms with E-state index in [1.807, 2.05) is 31.2 Å². The van der Waals surface area contributed by atoms with Crippen LogP contribution in [0.1, 0.15) is 30.1 Å². The van der Waals surface area contributed by atoms with E-state index in [0.717, 1.165) is 12.8 Å². The van der Waals surface area contributed by atoms with E-state index in [0.29, 0.717) is 17.6 Å². The molecular formula is C24H21FN4O3. The third kappa shape index (κ3) is 3.68. The summed E-state index contributed by atoms with van der Waals surface area (Å²) in [4.78, 5) is 27.9. The summed E-state index contributed by atoms with van der Waals surface area (Å²) in [6.07, 6.45) is 4.43. The molecule has 2 aromatic heterocycles. The van der Waals surface area contributed by atoms with Gasteiger partial charge in [-0.2, -0.15) is 4.98 Å². The van der Waals surface area contributed by atoms with E-state index in [2.05, 4.69) is 15.0 Å². The van der Waals surface area contributed by atoms with Crippen LogP contribution in [0, 0.1) is 5.82 Å². The molecule has 0 radical (unpaired) electrons. The fraction of sp³-hybridized carbons (Fsp3) is 0.250.